The molecule has 1 saturated carbocycles. The topological polar surface area (TPSA) is 97.6 Å². The molecule has 2 aliphatic carbocycles. The van der Waals surface area contributed by atoms with Gasteiger partial charge in [-0.1, -0.05) is 24.6 Å². The second kappa shape index (κ2) is 12.5. The number of fused-ring (bicyclic) bond motifs is 1. The van der Waals surface area contributed by atoms with Gasteiger partial charge in [-0.05, 0) is 91.1 Å². The normalized spacial score (nSPS) is 25.2. The van der Waals surface area contributed by atoms with E-state index in [2.05, 4.69) is 33.2 Å². The summed E-state index contributed by atoms with van der Waals surface area (Å²) in [5, 5.41) is 11.6. The second-order valence-corrected chi connectivity index (χ2v) is 12.0. The van der Waals surface area contributed by atoms with Gasteiger partial charge in [-0.25, -0.2) is 14.2 Å². The van der Waals surface area contributed by atoms with Crippen LogP contribution in [0.25, 0.3) is 0 Å². The van der Waals surface area contributed by atoms with Crippen molar-refractivity contribution in [3.8, 4) is 0 Å². The molecule has 43 heavy (non-hydrogen) atoms. The Kier molecular flexibility index (Phi) is 8.31. The Morgan fingerprint density at radius 1 is 1.14 bits per heavy atom. The number of allylic oxidation sites excluding steroid dienone is 2. The monoisotopic (exact) mass is 579 g/mol. The number of amides is 2. The Morgan fingerprint density at radius 3 is 2.65 bits per heavy atom. The zero-order valence-electron chi connectivity index (χ0n) is 24.5. The third-order valence-electron chi connectivity index (χ3n) is 9.47. The van der Waals surface area contributed by atoms with E-state index in [1.54, 1.807) is 24.5 Å². The van der Waals surface area contributed by atoms with Gasteiger partial charge in [0.1, 0.15) is 11.6 Å². The van der Waals surface area contributed by atoms with E-state index in [1.807, 2.05) is 41.4 Å². The predicted octanol–water partition coefficient (Wildman–Crippen LogP) is 6.36. The fourth-order valence-electron chi connectivity index (χ4n) is 6.94. The van der Waals surface area contributed by atoms with Crippen molar-refractivity contribution >= 4 is 29.5 Å². The molecule has 2 amide bonds. The third-order valence-corrected chi connectivity index (χ3v) is 9.47. The molecular weight excluding hydrogens is 541 g/mol. The number of rotatable bonds is 7. The summed E-state index contributed by atoms with van der Waals surface area (Å²) in [5.74, 6) is 0.847. The maximum absolute atomic E-state index is 13.6. The van der Waals surface area contributed by atoms with E-state index in [1.165, 1.54) is 23.9 Å². The summed E-state index contributed by atoms with van der Waals surface area (Å²) in [5.41, 5.74) is 3.79. The minimum absolute atomic E-state index is 0.0526. The molecule has 8 nitrogen and oxygen atoms in total. The van der Waals surface area contributed by atoms with Crippen molar-refractivity contribution < 1.29 is 9.18 Å². The highest BCUT2D eigenvalue weighted by atomic mass is 19.1. The minimum Gasteiger partial charge on any atom is -0.353 e. The smallest absolute Gasteiger partial charge is 0.318 e. The summed E-state index contributed by atoms with van der Waals surface area (Å²) in [6, 6.07) is 15.8. The number of hydrogen-bond acceptors (Lipinski definition) is 6. The fraction of sp³-hybridized carbons (Fsp3) is 0.382. The molecule has 6 rings (SSSR count). The third kappa shape index (κ3) is 6.21. The van der Waals surface area contributed by atoms with Gasteiger partial charge >= 0.3 is 6.03 Å². The minimum atomic E-state index is -0.289. The van der Waals surface area contributed by atoms with Crippen molar-refractivity contribution in [3.05, 3.63) is 96.2 Å². The largest absolute Gasteiger partial charge is 0.353 e. The van der Waals surface area contributed by atoms with Crippen molar-refractivity contribution in [2.24, 2.45) is 22.2 Å². The molecule has 1 aliphatic heterocycles. The van der Waals surface area contributed by atoms with Crippen LogP contribution in [0.4, 0.5) is 20.7 Å². The highest BCUT2D eigenvalue weighted by molar-refractivity contribution is 6.08. The quantitative estimate of drug-likeness (QED) is 0.318. The molecule has 3 aromatic rings. The van der Waals surface area contributed by atoms with E-state index in [9.17, 15) is 9.18 Å². The van der Waals surface area contributed by atoms with E-state index in [0.29, 0.717) is 24.7 Å². The van der Waals surface area contributed by atoms with E-state index >= 15 is 0 Å². The van der Waals surface area contributed by atoms with E-state index < -0.39 is 0 Å². The number of aliphatic imine (C=N–C) groups is 1. The molecule has 2 N–H and O–H groups in total. The number of carbonyl (C=O) groups excluding carboxylic acids is 1. The number of anilines is 1. The van der Waals surface area contributed by atoms with Crippen molar-refractivity contribution in [2.45, 2.75) is 38.6 Å². The van der Waals surface area contributed by atoms with Crippen LogP contribution in [-0.2, 0) is 0 Å². The first-order valence-electron chi connectivity index (χ1n) is 15.1. The van der Waals surface area contributed by atoms with Crippen LogP contribution in [0.15, 0.2) is 89.8 Å². The lowest BCUT2D eigenvalue weighted by Crippen LogP contribution is -2.52. The summed E-state index contributed by atoms with van der Waals surface area (Å²) in [4.78, 5) is 31.3. The number of urea groups is 1. The van der Waals surface area contributed by atoms with Gasteiger partial charge in [0.05, 0.1) is 11.7 Å². The van der Waals surface area contributed by atoms with Crippen LogP contribution >= 0.6 is 0 Å². The molecule has 2 aromatic heterocycles. The molecule has 222 valence electrons. The van der Waals surface area contributed by atoms with Gasteiger partial charge in [0.2, 0.25) is 0 Å². The van der Waals surface area contributed by atoms with Crippen LogP contribution in [0.2, 0.25) is 0 Å². The van der Waals surface area contributed by atoms with E-state index in [0.717, 1.165) is 55.9 Å². The lowest BCUT2D eigenvalue weighted by molar-refractivity contribution is 0.178. The number of carbonyl (C=O) groups is 1. The van der Waals surface area contributed by atoms with Gasteiger partial charge in [0.25, 0.3) is 0 Å². The first-order valence-corrected chi connectivity index (χ1v) is 15.1. The molecule has 0 radical (unpaired) electrons. The fourth-order valence-corrected chi connectivity index (χ4v) is 6.94. The predicted molar refractivity (Wildman–Crippen MR) is 167 cm³/mol. The number of nitrogens with one attached hydrogen (secondary N) is 2. The van der Waals surface area contributed by atoms with Crippen molar-refractivity contribution in [1.29, 1.82) is 5.41 Å². The highest BCUT2D eigenvalue weighted by Crippen LogP contribution is 2.56. The molecule has 4 unspecified atom stereocenters. The first kappa shape index (κ1) is 28.7. The molecule has 1 aromatic carbocycles. The summed E-state index contributed by atoms with van der Waals surface area (Å²) >= 11 is 0. The van der Waals surface area contributed by atoms with Crippen LogP contribution in [0.5, 0.6) is 0 Å². The Hall–Kier alpha value is -4.40. The Labute approximate surface area is 252 Å². The van der Waals surface area contributed by atoms with Crippen LogP contribution in [0.1, 0.15) is 44.2 Å². The lowest BCUT2D eigenvalue weighted by Gasteiger charge is -2.41. The van der Waals surface area contributed by atoms with E-state index in [4.69, 9.17) is 10.4 Å². The number of piperazine rings is 1. The SMILES string of the molecule is CC12CC(C=N)C(=Nc3ccc(F)cc3)C=C1CCC2CC(NC(=O)N1CCN(c2ccccn2)CC1)c1cccnc1. The summed E-state index contributed by atoms with van der Waals surface area (Å²) in [7, 11) is 0. The molecule has 3 aliphatic rings. The number of pyridine rings is 2. The maximum atomic E-state index is 13.6. The van der Waals surface area contributed by atoms with Gasteiger partial charge in [0, 0.05) is 62.6 Å². The Morgan fingerprint density at radius 2 is 1.95 bits per heavy atom. The maximum Gasteiger partial charge on any atom is 0.318 e. The summed E-state index contributed by atoms with van der Waals surface area (Å²) in [6.45, 7) is 5.05. The first-order chi connectivity index (χ1) is 20.9. The highest BCUT2D eigenvalue weighted by Gasteiger charge is 2.47. The van der Waals surface area contributed by atoms with Gasteiger partial charge in [-0.2, -0.15) is 0 Å². The van der Waals surface area contributed by atoms with Gasteiger partial charge in [-0.15, -0.1) is 0 Å². The molecule has 2 fully saturated rings. The number of nitrogens with zero attached hydrogens (tertiary/aromatic N) is 5. The Balaban J connectivity index is 1.18. The van der Waals surface area contributed by atoms with Crippen LogP contribution < -0.4 is 10.2 Å². The second-order valence-electron chi connectivity index (χ2n) is 12.0. The van der Waals surface area contributed by atoms with Crippen LogP contribution in [-0.4, -0.2) is 59.0 Å². The van der Waals surface area contributed by atoms with Gasteiger partial charge in [-0.3, -0.25) is 9.98 Å². The van der Waals surface area contributed by atoms with Crippen LogP contribution in [0.3, 0.4) is 0 Å². The number of aromatic nitrogens is 2. The summed E-state index contributed by atoms with van der Waals surface area (Å²) in [6.07, 6.45) is 12.6. The number of benzene rings is 1. The van der Waals surface area contributed by atoms with Crippen LogP contribution in [0, 0.1) is 28.5 Å². The average Bonchev–Trinajstić information content (AvgIpc) is 3.36. The molecule has 4 atom stereocenters. The number of hydrogen-bond donors (Lipinski definition) is 2. The van der Waals surface area contributed by atoms with Gasteiger partial charge in [0.15, 0.2) is 0 Å². The number of halogens is 1. The van der Waals surface area contributed by atoms with E-state index in [-0.39, 0.29) is 29.2 Å². The molecule has 3 heterocycles. The zero-order chi connectivity index (χ0) is 29.8. The average molecular weight is 580 g/mol. The molecule has 1 saturated heterocycles. The zero-order valence-corrected chi connectivity index (χ0v) is 24.5. The molecule has 9 heteroatoms. The Bertz CT molecular complexity index is 1490. The van der Waals surface area contributed by atoms with Gasteiger partial charge < -0.3 is 20.5 Å². The molecule has 0 bridgehead atoms. The van der Waals surface area contributed by atoms with Crippen molar-refractivity contribution in [3.63, 3.8) is 0 Å². The van der Waals surface area contributed by atoms with Crippen molar-refractivity contribution in [1.82, 2.24) is 20.2 Å². The lowest BCUT2D eigenvalue weighted by atomic mass is 9.65. The standard InChI is InChI=1S/C34H38FN7O/c1-34-21-25(22-36)31(39-29-11-9-28(35)10-12-29)20-27(34)8-7-26(34)19-30(24-5-4-13-37-23-24)40-33(43)42-17-15-41(16-18-42)32-6-2-3-14-38-32/h2-6,9-14,20,22-23,25-26,30,36H,7-8,15-19,21H2,1H3,(H,40,43). The summed E-state index contributed by atoms with van der Waals surface area (Å²) < 4.78 is 13.4. The molecule has 0 spiro atoms. The molecular formula is C34H38FN7O. The van der Waals surface area contributed by atoms with Crippen molar-refractivity contribution in [2.75, 3.05) is 31.1 Å².